The van der Waals surface area contributed by atoms with Gasteiger partial charge in [0, 0.05) is 23.6 Å². The van der Waals surface area contributed by atoms with Gasteiger partial charge in [-0.2, -0.15) is 0 Å². The molecule has 3 nitrogen and oxygen atoms in total. The van der Waals surface area contributed by atoms with Gasteiger partial charge in [-0.15, -0.1) is 0 Å². The Morgan fingerprint density at radius 3 is 2.84 bits per heavy atom. The average Bonchev–Trinajstić information content (AvgIpc) is 3.21. The fourth-order valence-electron chi connectivity index (χ4n) is 2.11. The lowest BCUT2D eigenvalue weighted by atomic mass is 10.1. The lowest BCUT2D eigenvalue weighted by molar-refractivity contribution is 0.0975. The summed E-state index contributed by atoms with van der Waals surface area (Å²) in [5.74, 6) is 0. The fraction of sp³-hybridized carbons (Fsp3) is 0.600. The SMILES string of the molecule is CNCc1ccc(COCCN(C)C2CC2)c(Br)c1. The van der Waals surface area contributed by atoms with Crippen molar-refractivity contribution in [2.45, 2.75) is 32.0 Å². The van der Waals surface area contributed by atoms with E-state index in [-0.39, 0.29) is 0 Å². The van der Waals surface area contributed by atoms with Gasteiger partial charge < -0.3 is 15.0 Å². The first kappa shape index (κ1) is 15.0. The van der Waals surface area contributed by atoms with Gasteiger partial charge >= 0.3 is 0 Å². The van der Waals surface area contributed by atoms with Crippen molar-refractivity contribution in [1.29, 1.82) is 0 Å². The van der Waals surface area contributed by atoms with Crippen molar-refractivity contribution in [3.8, 4) is 0 Å². The third kappa shape index (κ3) is 4.88. The van der Waals surface area contributed by atoms with Crippen LogP contribution in [0.5, 0.6) is 0 Å². The number of halogens is 1. The van der Waals surface area contributed by atoms with Crippen molar-refractivity contribution in [1.82, 2.24) is 10.2 Å². The highest BCUT2D eigenvalue weighted by Gasteiger charge is 2.25. The summed E-state index contributed by atoms with van der Waals surface area (Å²) in [6.45, 7) is 3.41. The summed E-state index contributed by atoms with van der Waals surface area (Å²) < 4.78 is 6.90. The highest BCUT2D eigenvalue weighted by molar-refractivity contribution is 9.10. The molecule has 0 amide bonds. The second-order valence-electron chi connectivity index (χ2n) is 5.22. The maximum atomic E-state index is 5.76. The third-order valence-electron chi connectivity index (χ3n) is 3.51. The zero-order valence-electron chi connectivity index (χ0n) is 11.8. The molecule has 19 heavy (non-hydrogen) atoms. The molecule has 1 fully saturated rings. The molecule has 0 spiro atoms. The van der Waals surface area contributed by atoms with Crippen LogP contribution in [0.4, 0.5) is 0 Å². The molecule has 0 heterocycles. The van der Waals surface area contributed by atoms with Gasteiger partial charge in [-0.05, 0) is 44.1 Å². The van der Waals surface area contributed by atoms with Gasteiger partial charge in [-0.25, -0.2) is 0 Å². The molecule has 1 saturated carbocycles. The summed E-state index contributed by atoms with van der Waals surface area (Å²) >= 11 is 3.61. The zero-order valence-corrected chi connectivity index (χ0v) is 13.4. The van der Waals surface area contributed by atoms with E-state index in [9.17, 15) is 0 Å². The molecule has 0 aromatic heterocycles. The van der Waals surface area contributed by atoms with Crippen LogP contribution in [-0.4, -0.2) is 38.2 Å². The molecule has 1 N–H and O–H groups in total. The smallest absolute Gasteiger partial charge is 0.0728 e. The fourth-order valence-corrected chi connectivity index (χ4v) is 2.65. The normalized spacial score (nSPS) is 15.2. The number of hydrogen-bond donors (Lipinski definition) is 1. The molecular formula is C15H23BrN2O. The number of hydrogen-bond acceptors (Lipinski definition) is 3. The topological polar surface area (TPSA) is 24.5 Å². The van der Waals surface area contributed by atoms with E-state index in [4.69, 9.17) is 4.74 Å². The number of likely N-dealkylation sites (N-methyl/N-ethyl adjacent to an activating group) is 1. The van der Waals surface area contributed by atoms with Crippen molar-refractivity contribution in [2.75, 3.05) is 27.2 Å². The summed E-state index contributed by atoms with van der Waals surface area (Å²) in [4.78, 5) is 2.39. The summed E-state index contributed by atoms with van der Waals surface area (Å²) in [5, 5.41) is 3.15. The monoisotopic (exact) mass is 326 g/mol. The van der Waals surface area contributed by atoms with Gasteiger partial charge in [0.15, 0.2) is 0 Å². The molecule has 106 valence electrons. The Labute approximate surface area is 124 Å². The van der Waals surface area contributed by atoms with Crippen LogP contribution in [-0.2, 0) is 17.9 Å². The minimum Gasteiger partial charge on any atom is -0.375 e. The molecule has 0 unspecified atom stereocenters. The van der Waals surface area contributed by atoms with E-state index in [2.05, 4.69) is 51.4 Å². The molecule has 0 bridgehead atoms. The summed E-state index contributed by atoms with van der Waals surface area (Å²) in [6.07, 6.45) is 2.71. The lowest BCUT2D eigenvalue weighted by Gasteiger charge is -2.15. The van der Waals surface area contributed by atoms with Crippen LogP contribution in [0.15, 0.2) is 22.7 Å². The Balaban J connectivity index is 1.72. The van der Waals surface area contributed by atoms with E-state index >= 15 is 0 Å². The maximum Gasteiger partial charge on any atom is 0.0728 e. The summed E-state index contributed by atoms with van der Waals surface area (Å²) in [6, 6.07) is 7.26. The first-order valence-corrected chi connectivity index (χ1v) is 7.70. The van der Waals surface area contributed by atoms with Crippen LogP contribution < -0.4 is 5.32 Å². The number of nitrogens with zero attached hydrogens (tertiary/aromatic N) is 1. The van der Waals surface area contributed by atoms with Crippen LogP contribution in [0.25, 0.3) is 0 Å². The van der Waals surface area contributed by atoms with Gasteiger partial charge in [0.05, 0.1) is 13.2 Å². The molecule has 0 radical (unpaired) electrons. The number of nitrogens with one attached hydrogen (secondary N) is 1. The largest absolute Gasteiger partial charge is 0.375 e. The van der Waals surface area contributed by atoms with Crippen molar-refractivity contribution in [3.63, 3.8) is 0 Å². The Bertz CT molecular complexity index is 407. The third-order valence-corrected chi connectivity index (χ3v) is 4.25. The van der Waals surface area contributed by atoms with Gasteiger partial charge in [0.1, 0.15) is 0 Å². The van der Waals surface area contributed by atoms with E-state index in [0.29, 0.717) is 6.61 Å². The number of benzene rings is 1. The second kappa shape index (κ2) is 7.39. The Kier molecular flexibility index (Phi) is 5.82. The quantitative estimate of drug-likeness (QED) is 0.743. The predicted octanol–water partition coefficient (Wildman–Crippen LogP) is 2.78. The van der Waals surface area contributed by atoms with E-state index in [0.717, 1.165) is 30.2 Å². The summed E-state index contributed by atoms with van der Waals surface area (Å²) in [5.41, 5.74) is 2.50. The Hall–Kier alpha value is -0.420. The molecule has 2 rings (SSSR count). The number of rotatable bonds is 8. The van der Waals surface area contributed by atoms with E-state index in [1.807, 2.05) is 7.05 Å². The molecule has 1 aliphatic carbocycles. The Morgan fingerprint density at radius 2 is 2.21 bits per heavy atom. The van der Waals surface area contributed by atoms with Crippen molar-refractivity contribution in [2.24, 2.45) is 0 Å². The minimum absolute atomic E-state index is 0.679. The van der Waals surface area contributed by atoms with Gasteiger partial charge in [-0.1, -0.05) is 28.1 Å². The van der Waals surface area contributed by atoms with E-state index in [1.165, 1.54) is 24.0 Å². The molecule has 0 aliphatic heterocycles. The highest BCUT2D eigenvalue weighted by atomic mass is 79.9. The van der Waals surface area contributed by atoms with Gasteiger partial charge in [-0.3, -0.25) is 0 Å². The molecular weight excluding hydrogens is 304 g/mol. The molecule has 1 aliphatic rings. The molecule has 0 saturated heterocycles. The Morgan fingerprint density at radius 1 is 1.42 bits per heavy atom. The van der Waals surface area contributed by atoms with Crippen molar-refractivity contribution in [3.05, 3.63) is 33.8 Å². The molecule has 1 aromatic carbocycles. The molecule has 1 aromatic rings. The highest BCUT2D eigenvalue weighted by Crippen LogP contribution is 2.25. The minimum atomic E-state index is 0.679. The standard InChI is InChI=1S/C15H23BrN2O/c1-17-10-12-3-4-13(15(16)9-12)11-19-8-7-18(2)14-5-6-14/h3-4,9,14,17H,5-8,10-11H2,1-2H3. The maximum absolute atomic E-state index is 5.76. The van der Waals surface area contributed by atoms with Crippen molar-refractivity contribution >= 4 is 15.9 Å². The lowest BCUT2D eigenvalue weighted by Crippen LogP contribution is -2.25. The van der Waals surface area contributed by atoms with Gasteiger partial charge in [0.25, 0.3) is 0 Å². The predicted molar refractivity (Wildman–Crippen MR) is 82.2 cm³/mol. The number of ether oxygens (including phenoxy) is 1. The average molecular weight is 327 g/mol. The zero-order chi connectivity index (χ0) is 13.7. The van der Waals surface area contributed by atoms with Gasteiger partial charge in [0.2, 0.25) is 0 Å². The molecule has 0 atom stereocenters. The van der Waals surface area contributed by atoms with E-state index < -0.39 is 0 Å². The van der Waals surface area contributed by atoms with Crippen molar-refractivity contribution < 1.29 is 4.74 Å². The van der Waals surface area contributed by atoms with Crippen LogP contribution in [0.1, 0.15) is 24.0 Å². The van der Waals surface area contributed by atoms with Crippen LogP contribution >= 0.6 is 15.9 Å². The molecule has 4 heteroatoms. The van der Waals surface area contributed by atoms with E-state index in [1.54, 1.807) is 0 Å². The van der Waals surface area contributed by atoms with Crippen LogP contribution in [0.3, 0.4) is 0 Å². The first-order chi connectivity index (χ1) is 9.20. The second-order valence-corrected chi connectivity index (χ2v) is 6.07. The van der Waals surface area contributed by atoms with Crippen LogP contribution in [0.2, 0.25) is 0 Å². The first-order valence-electron chi connectivity index (χ1n) is 6.90. The van der Waals surface area contributed by atoms with Crippen LogP contribution in [0, 0.1) is 0 Å². The summed E-state index contributed by atoms with van der Waals surface area (Å²) in [7, 11) is 4.14.